The van der Waals surface area contributed by atoms with E-state index in [9.17, 15) is 5.11 Å². The zero-order valence-electron chi connectivity index (χ0n) is 17.6. The fourth-order valence-corrected chi connectivity index (χ4v) is 4.89. The first-order chi connectivity index (χ1) is 14.4. The predicted octanol–water partition coefficient (Wildman–Crippen LogP) is 0.597. The first-order valence-electron chi connectivity index (χ1n) is 10.2. The molecule has 10 heteroatoms. The molecule has 10 nitrogen and oxygen atoms in total. The van der Waals surface area contributed by atoms with Crippen molar-refractivity contribution in [3.05, 3.63) is 17.0 Å². The summed E-state index contributed by atoms with van der Waals surface area (Å²) in [4.78, 5) is 21.7. The first kappa shape index (κ1) is 24.3. The van der Waals surface area contributed by atoms with Gasteiger partial charge in [0.15, 0.2) is 0 Å². The summed E-state index contributed by atoms with van der Waals surface area (Å²) in [7, 11) is 0. The van der Waals surface area contributed by atoms with Gasteiger partial charge in [0.25, 0.3) is 12.9 Å². The Balaban J connectivity index is 0.000000480. The maximum Gasteiger partial charge on any atom is 0.290 e. The molecule has 0 amide bonds. The summed E-state index contributed by atoms with van der Waals surface area (Å²) in [5.41, 5.74) is 2.24. The Bertz CT molecular complexity index is 637. The van der Waals surface area contributed by atoms with Crippen LogP contribution in [0.15, 0.2) is 4.52 Å². The highest BCUT2D eigenvalue weighted by molar-refractivity contribution is 5.33. The summed E-state index contributed by atoms with van der Waals surface area (Å²) < 4.78 is 10.8. The van der Waals surface area contributed by atoms with E-state index >= 15 is 0 Å². The molecule has 0 unspecified atom stereocenters. The van der Waals surface area contributed by atoms with Gasteiger partial charge >= 0.3 is 0 Å². The number of aromatic nitrogens is 1. The molecule has 4 atom stereocenters. The number of rotatable bonds is 3. The van der Waals surface area contributed by atoms with Crippen molar-refractivity contribution < 1.29 is 34.2 Å². The van der Waals surface area contributed by atoms with E-state index < -0.39 is 0 Å². The molecule has 1 aromatic heterocycles. The number of aryl methyl sites for hydroxylation is 2. The molecule has 3 heterocycles. The second-order valence-corrected chi connectivity index (χ2v) is 7.98. The van der Waals surface area contributed by atoms with Gasteiger partial charge in [-0.15, -0.1) is 0 Å². The summed E-state index contributed by atoms with van der Waals surface area (Å²) in [6.07, 6.45) is 1.86. The number of ether oxygens (including phenoxy) is 1. The van der Waals surface area contributed by atoms with Crippen LogP contribution in [0.4, 0.5) is 0 Å². The molecule has 0 radical (unpaired) electrons. The number of aliphatic hydroxyl groups is 1. The van der Waals surface area contributed by atoms with E-state index in [1.807, 2.05) is 13.8 Å². The highest BCUT2D eigenvalue weighted by Crippen LogP contribution is 2.39. The summed E-state index contributed by atoms with van der Waals surface area (Å²) >= 11 is 0. The third-order valence-electron chi connectivity index (χ3n) is 6.26. The van der Waals surface area contributed by atoms with Crippen LogP contribution in [0.25, 0.3) is 0 Å². The van der Waals surface area contributed by atoms with E-state index in [2.05, 4.69) is 15.0 Å². The molecule has 4 rings (SSSR count). The van der Waals surface area contributed by atoms with Crippen molar-refractivity contribution in [3.63, 3.8) is 0 Å². The van der Waals surface area contributed by atoms with Gasteiger partial charge in [0.1, 0.15) is 5.76 Å². The monoisotopic (exact) mass is 427 g/mol. The van der Waals surface area contributed by atoms with Gasteiger partial charge in [0.2, 0.25) is 0 Å². The van der Waals surface area contributed by atoms with Crippen molar-refractivity contribution in [1.82, 2.24) is 15.0 Å². The Kier molecular flexibility index (Phi) is 9.70. The van der Waals surface area contributed by atoms with Crippen LogP contribution in [-0.2, 0) is 20.9 Å². The highest BCUT2D eigenvalue weighted by Gasteiger charge is 2.43. The van der Waals surface area contributed by atoms with Gasteiger partial charge in [0.05, 0.1) is 25.0 Å². The van der Waals surface area contributed by atoms with Crippen molar-refractivity contribution in [2.45, 2.75) is 45.4 Å². The molecule has 0 aromatic carbocycles. The Morgan fingerprint density at radius 1 is 1.07 bits per heavy atom. The fourth-order valence-electron chi connectivity index (χ4n) is 4.89. The van der Waals surface area contributed by atoms with E-state index in [4.69, 9.17) is 29.1 Å². The molecular formula is C20H33N3O7. The van der Waals surface area contributed by atoms with E-state index in [0.29, 0.717) is 17.9 Å². The zero-order valence-corrected chi connectivity index (χ0v) is 17.6. The minimum atomic E-state index is -0.250. The van der Waals surface area contributed by atoms with E-state index in [0.717, 1.165) is 70.2 Å². The highest BCUT2D eigenvalue weighted by atomic mass is 16.5. The number of hydrogen-bond donors (Lipinski definition) is 3. The van der Waals surface area contributed by atoms with E-state index in [-0.39, 0.29) is 19.0 Å². The van der Waals surface area contributed by atoms with Crippen LogP contribution in [0.5, 0.6) is 0 Å². The summed E-state index contributed by atoms with van der Waals surface area (Å²) in [6.45, 7) is 10.2. The maximum atomic E-state index is 10.7. The largest absolute Gasteiger partial charge is 0.483 e. The van der Waals surface area contributed by atoms with Gasteiger partial charge < -0.3 is 24.6 Å². The minimum absolute atomic E-state index is 0.191. The van der Waals surface area contributed by atoms with Crippen molar-refractivity contribution in [3.8, 4) is 0 Å². The van der Waals surface area contributed by atoms with Crippen molar-refractivity contribution in [1.29, 1.82) is 0 Å². The van der Waals surface area contributed by atoms with Gasteiger partial charge in [-0.1, -0.05) is 5.16 Å². The van der Waals surface area contributed by atoms with Gasteiger partial charge in [-0.05, 0) is 38.5 Å². The first-order valence-corrected chi connectivity index (χ1v) is 10.2. The second kappa shape index (κ2) is 12.0. The van der Waals surface area contributed by atoms with Crippen LogP contribution in [0, 0.1) is 25.7 Å². The van der Waals surface area contributed by atoms with Crippen molar-refractivity contribution >= 4 is 12.9 Å². The lowest BCUT2D eigenvalue weighted by molar-refractivity contribution is -0.123. The number of hydrogen-bond acceptors (Lipinski definition) is 8. The molecule has 3 aliphatic rings. The van der Waals surface area contributed by atoms with E-state index in [1.54, 1.807) is 0 Å². The molecule has 3 N–H and O–H groups in total. The van der Waals surface area contributed by atoms with Gasteiger partial charge in [-0.2, -0.15) is 0 Å². The standard InChI is InChI=1S/C18H29N3O3.2CH2O2/c1-12-16(13(2)24-19-12)11-20-9-14-7-17(18(22)8-15(14)10-20)21-3-5-23-6-4-21;2*2-1-3/h14-15,17-18,22H,3-11H2,1-2H3;2*1H,(H,2,3)/t14-,15+,17-,18-;;/m1../s1. The van der Waals surface area contributed by atoms with Gasteiger partial charge in [-0.25, -0.2) is 0 Å². The van der Waals surface area contributed by atoms with Crippen LogP contribution in [-0.4, -0.2) is 94.8 Å². The molecule has 170 valence electrons. The van der Waals surface area contributed by atoms with Crippen LogP contribution in [0.2, 0.25) is 0 Å². The summed E-state index contributed by atoms with van der Waals surface area (Å²) in [5, 5.41) is 28.5. The number of fused-ring (bicyclic) bond motifs is 1. The molecule has 3 fully saturated rings. The smallest absolute Gasteiger partial charge is 0.290 e. The molecule has 1 aromatic rings. The van der Waals surface area contributed by atoms with Crippen LogP contribution < -0.4 is 0 Å². The number of morpholine rings is 1. The normalized spacial score (nSPS) is 29.0. The van der Waals surface area contributed by atoms with Crippen molar-refractivity contribution in [2.24, 2.45) is 11.8 Å². The molecule has 2 aliphatic heterocycles. The lowest BCUT2D eigenvalue weighted by Crippen LogP contribution is -2.53. The Labute approximate surface area is 176 Å². The van der Waals surface area contributed by atoms with Crippen LogP contribution >= 0.6 is 0 Å². The molecule has 0 bridgehead atoms. The Morgan fingerprint density at radius 3 is 2.17 bits per heavy atom. The molecule has 2 saturated heterocycles. The number of carboxylic acid groups (broad SMARTS) is 2. The summed E-state index contributed by atoms with van der Waals surface area (Å²) in [5.74, 6) is 2.26. The fraction of sp³-hybridized carbons (Fsp3) is 0.750. The number of carbonyl (C=O) groups is 2. The lowest BCUT2D eigenvalue weighted by Gasteiger charge is -2.43. The minimum Gasteiger partial charge on any atom is -0.483 e. The van der Waals surface area contributed by atoms with Crippen molar-refractivity contribution in [2.75, 3.05) is 39.4 Å². The third kappa shape index (κ3) is 6.24. The molecule has 1 aliphatic carbocycles. The SMILES string of the molecule is Cc1noc(C)c1CN1C[C@H]2C[C@@H](N3CCOCC3)[C@H](O)C[C@H]2C1.O=CO.O=CO. The maximum absolute atomic E-state index is 10.7. The lowest BCUT2D eigenvalue weighted by atomic mass is 9.77. The quantitative estimate of drug-likeness (QED) is 0.588. The predicted molar refractivity (Wildman–Crippen MR) is 107 cm³/mol. The number of likely N-dealkylation sites (tertiary alicyclic amines) is 1. The van der Waals surface area contributed by atoms with E-state index in [1.165, 1.54) is 5.56 Å². The van der Waals surface area contributed by atoms with Crippen LogP contribution in [0.3, 0.4) is 0 Å². The average molecular weight is 427 g/mol. The number of aliphatic hydroxyl groups excluding tert-OH is 1. The van der Waals surface area contributed by atoms with Crippen LogP contribution in [0.1, 0.15) is 29.9 Å². The molecule has 30 heavy (non-hydrogen) atoms. The van der Waals surface area contributed by atoms with Gasteiger partial charge in [-0.3, -0.25) is 19.4 Å². The average Bonchev–Trinajstić information content (AvgIpc) is 3.26. The molecular weight excluding hydrogens is 394 g/mol. The Hall–Kier alpha value is -2.01. The van der Waals surface area contributed by atoms with Gasteiger partial charge in [0, 0.05) is 44.3 Å². The number of nitrogens with zero attached hydrogens (tertiary/aromatic N) is 3. The second-order valence-electron chi connectivity index (χ2n) is 7.98. The zero-order chi connectivity index (χ0) is 22.1. The summed E-state index contributed by atoms with van der Waals surface area (Å²) in [6, 6.07) is 0.314. The Morgan fingerprint density at radius 2 is 1.63 bits per heavy atom. The molecule has 0 spiro atoms. The third-order valence-corrected chi connectivity index (χ3v) is 6.26. The topological polar surface area (TPSA) is 137 Å². The molecule has 1 saturated carbocycles.